The predicted octanol–water partition coefficient (Wildman–Crippen LogP) is 2.74. The number of fused-ring (bicyclic) bond motifs is 4. The molecule has 1 aromatic carbocycles. The summed E-state index contributed by atoms with van der Waals surface area (Å²) in [6.45, 7) is 8.86. The second kappa shape index (κ2) is 5.29. The minimum Gasteiger partial charge on any atom is -0.483 e. The number of hydrogen-bond acceptors (Lipinski definition) is 4. The van der Waals surface area contributed by atoms with Crippen LogP contribution < -0.4 is 15.4 Å². The van der Waals surface area contributed by atoms with Crippen LogP contribution in [0.25, 0.3) is 6.08 Å². The van der Waals surface area contributed by atoms with Crippen molar-refractivity contribution in [2.24, 2.45) is 11.3 Å². The van der Waals surface area contributed by atoms with Gasteiger partial charge in [-0.15, -0.1) is 0 Å². The first-order valence-electron chi connectivity index (χ1n) is 12.0. The summed E-state index contributed by atoms with van der Waals surface area (Å²) >= 11 is 0. The fraction of sp³-hybridized carbons (Fsp3) is 0.577. The number of hydrogen-bond donors (Lipinski definition) is 2. The molecule has 1 aromatic rings. The minimum absolute atomic E-state index is 0.00462. The van der Waals surface area contributed by atoms with Crippen molar-refractivity contribution in [1.82, 2.24) is 10.2 Å². The van der Waals surface area contributed by atoms with Crippen molar-refractivity contribution in [2.45, 2.75) is 75.5 Å². The number of anilines is 1. The van der Waals surface area contributed by atoms with Crippen LogP contribution in [0, 0.1) is 11.3 Å². The van der Waals surface area contributed by atoms with Gasteiger partial charge in [-0.1, -0.05) is 19.9 Å². The van der Waals surface area contributed by atoms with Crippen LogP contribution in [-0.2, 0) is 19.8 Å². The minimum atomic E-state index is -1.03. The van der Waals surface area contributed by atoms with Gasteiger partial charge < -0.3 is 20.3 Å². The van der Waals surface area contributed by atoms with E-state index >= 15 is 0 Å². The highest BCUT2D eigenvalue weighted by atomic mass is 16.5. The van der Waals surface area contributed by atoms with Crippen LogP contribution in [0.2, 0.25) is 0 Å². The lowest BCUT2D eigenvalue weighted by Crippen LogP contribution is -2.81. The Hall–Kier alpha value is -2.83. The summed E-state index contributed by atoms with van der Waals surface area (Å²) in [6, 6.07) is 3.98. The molecule has 172 valence electrons. The van der Waals surface area contributed by atoms with Crippen molar-refractivity contribution in [1.29, 1.82) is 0 Å². The van der Waals surface area contributed by atoms with Gasteiger partial charge in [0.2, 0.25) is 17.7 Å². The van der Waals surface area contributed by atoms with Crippen molar-refractivity contribution in [3.05, 3.63) is 29.3 Å². The molecule has 3 amide bonds. The summed E-state index contributed by atoms with van der Waals surface area (Å²) < 4.78 is 6.15. The van der Waals surface area contributed by atoms with E-state index in [2.05, 4.69) is 36.6 Å². The number of ether oxygens (including phenoxy) is 1. The molecule has 4 atom stereocenters. The topological polar surface area (TPSA) is 87.7 Å². The number of carbonyl (C=O) groups is 3. The van der Waals surface area contributed by atoms with E-state index in [1.54, 1.807) is 0 Å². The number of piperazine rings is 1. The third-order valence-corrected chi connectivity index (χ3v) is 9.81. The maximum absolute atomic E-state index is 13.9. The molecular formula is C26H29N3O4. The predicted molar refractivity (Wildman–Crippen MR) is 122 cm³/mol. The lowest BCUT2D eigenvalue weighted by Gasteiger charge is -2.59. The lowest BCUT2D eigenvalue weighted by molar-refractivity contribution is -0.175. The molecule has 7 aliphatic rings. The molecule has 0 radical (unpaired) electrons. The summed E-state index contributed by atoms with van der Waals surface area (Å²) in [5, 5.41) is 6.31. The Morgan fingerprint density at radius 3 is 2.67 bits per heavy atom. The third kappa shape index (κ3) is 1.91. The van der Waals surface area contributed by atoms with E-state index in [9.17, 15) is 14.4 Å². The van der Waals surface area contributed by atoms with E-state index in [1.165, 1.54) is 0 Å². The van der Waals surface area contributed by atoms with Crippen molar-refractivity contribution >= 4 is 29.5 Å². The molecule has 5 fully saturated rings. The van der Waals surface area contributed by atoms with Gasteiger partial charge in [0.1, 0.15) is 22.4 Å². The van der Waals surface area contributed by atoms with Gasteiger partial charge >= 0.3 is 0 Å². The first-order chi connectivity index (χ1) is 15.5. The maximum Gasteiger partial charge on any atom is 0.249 e. The molecule has 4 saturated heterocycles. The Morgan fingerprint density at radius 2 is 1.88 bits per heavy atom. The zero-order valence-electron chi connectivity index (χ0n) is 19.5. The number of benzene rings is 1. The van der Waals surface area contributed by atoms with E-state index in [1.807, 2.05) is 30.9 Å². The van der Waals surface area contributed by atoms with E-state index < -0.39 is 27.5 Å². The monoisotopic (exact) mass is 447 g/mol. The number of amides is 3. The third-order valence-electron chi connectivity index (χ3n) is 9.81. The Kier molecular flexibility index (Phi) is 3.14. The summed E-state index contributed by atoms with van der Waals surface area (Å²) in [6.07, 6.45) is 6.55. The Morgan fingerprint density at radius 1 is 1.09 bits per heavy atom. The first-order valence-corrected chi connectivity index (χ1v) is 12.0. The molecule has 2 N–H and O–H groups in total. The van der Waals surface area contributed by atoms with Crippen LogP contribution in [0.15, 0.2) is 18.2 Å². The summed E-state index contributed by atoms with van der Waals surface area (Å²) in [7, 11) is 0. The average Bonchev–Trinajstić information content (AvgIpc) is 3.34. The standard InChI is InChI=1S/C26H29N3O4/c1-22(2)8-6-14-10-15-16(11-17(14)33-22)27-20(31)25(15)13-26-18(23(25,3)4)12-24(19(30)28-26)7-5-9-29(24)21(26)32/h6,8,10-11,18H,5,7,9,12-13H2,1-4H3,(H,27,31)(H,28,30). The number of carbonyl (C=O) groups excluding carboxylic acids is 3. The van der Waals surface area contributed by atoms with Gasteiger partial charge in [-0.2, -0.15) is 0 Å². The Balaban J connectivity index is 1.43. The molecule has 33 heavy (non-hydrogen) atoms. The highest BCUT2D eigenvalue weighted by Gasteiger charge is 2.80. The molecule has 1 aliphatic carbocycles. The molecule has 4 unspecified atom stereocenters. The van der Waals surface area contributed by atoms with E-state index in [4.69, 9.17) is 4.74 Å². The van der Waals surface area contributed by atoms with E-state index in [0.29, 0.717) is 25.8 Å². The fourth-order valence-corrected chi connectivity index (χ4v) is 8.18. The van der Waals surface area contributed by atoms with Gasteiger partial charge in [-0.05, 0) is 62.7 Å². The zero-order chi connectivity index (χ0) is 23.2. The van der Waals surface area contributed by atoms with Crippen LogP contribution in [0.3, 0.4) is 0 Å². The van der Waals surface area contributed by atoms with Crippen LogP contribution in [0.1, 0.15) is 64.5 Å². The SMILES string of the molecule is CC1(C)C=Cc2cc3c(cc2O1)NC(=O)C31CC23NC(=O)C4(CCCN4C2=O)CC3C1(C)C. The van der Waals surface area contributed by atoms with Crippen LogP contribution in [-0.4, -0.2) is 45.8 Å². The molecular weight excluding hydrogens is 418 g/mol. The van der Waals surface area contributed by atoms with Gasteiger partial charge in [0.05, 0.1) is 5.41 Å². The first kappa shape index (κ1) is 19.6. The molecule has 7 nitrogen and oxygen atoms in total. The highest BCUT2D eigenvalue weighted by molar-refractivity contribution is 6.11. The van der Waals surface area contributed by atoms with E-state index in [0.717, 1.165) is 29.0 Å². The second-order valence-electron chi connectivity index (χ2n) is 12.0. The molecule has 7 heteroatoms. The average molecular weight is 448 g/mol. The number of rotatable bonds is 0. The quantitative estimate of drug-likeness (QED) is 0.640. The van der Waals surface area contributed by atoms with Gasteiger partial charge in [-0.3, -0.25) is 14.4 Å². The fourth-order valence-electron chi connectivity index (χ4n) is 8.18. The molecule has 8 rings (SSSR count). The Labute approximate surface area is 192 Å². The van der Waals surface area contributed by atoms with Gasteiger partial charge in [-0.25, -0.2) is 0 Å². The lowest BCUT2D eigenvalue weighted by atomic mass is 9.57. The smallest absolute Gasteiger partial charge is 0.249 e. The molecule has 3 spiro atoms. The highest BCUT2D eigenvalue weighted by Crippen LogP contribution is 2.70. The van der Waals surface area contributed by atoms with Gasteiger partial charge in [0.15, 0.2) is 0 Å². The number of nitrogens with one attached hydrogen (secondary N) is 2. The van der Waals surface area contributed by atoms with E-state index in [-0.39, 0.29) is 23.6 Å². The molecule has 6 heterocycles. The van der Waals surface area contributed by atoms with Crippen molar-refractivity contribution in [3.8, 4) is 5.75 Å². The largest absolute Gasteiger partial charge is 0.483 e. The maximum atomic E-state index is 13.9. The summed E-state index contributed by atoms with van der Waals surface area (Å²) in [4.78, 5) is 42.9. The van der Waals surface area contributed by atoms with Crippen LogP contribution in [0.5, 0.6) is 5.75 Å². The Bertz CT molecular complexity index is 1230. The van der Waals surface area contributed by atoms with Gasteiger partial charge in [0.25, 0.3) is 0 Å². The number of nitrogens with zero attached hydrogens (tertiary/aromatic N) is 1. The normalized spacial score (nSPS) is 40.2. The molecule has 0 aromatic heterocycles. The van der Waals surface area contributed by atoms with Crippen molar-refractivity contribution in [2.75, 3.05) is 11.9 Å². The van der Waals surface area contributed by atoms with Crippen LogP contribution in [0.4, 0.5) is 5.69 Å². The summed E-state index contributed by atoms with van der Waals surface area (Å²) in [5.74, 6) is 0.522. The molecule has 2 bridgehead atoms. The second-order valence-corrected chi connectivity index (χ2v) is 12.0. The van der Waals surface area contributed by atoms with Crippen LogP contribution >= 0.6 is 0 Å². The molecule has 6 aliphatic heterocycles. The van der Waals surface area contributed by atoms with Crippen molar-refractivity contribution in [3.63, 3.8) is 0 Å². The van der Waals surface area contributed by atoms with Crippen molar-refractivity contribution < 1.29 is 19.1 Å². The summed E-state index contributed by atoms with van der Waals surface area (Å²) in [5.41, 5.74) is -1.03. The van der Waals surface area contributed by atoms with Gasteiger partial charge in [0, 0.05) is 29.8 Å². The molecule has 1 saturated carbocycles. The number of piperidine rings is 2. The zero-order valence-corrected chi connectivity index (χ0v) is 19.5.